The van der Waals surface area contributed by atoms with E-state index in [-0.39, 0.29) is 24.4 Å². The van der Waals surface area contributed by atoms with Crippen LogP contribution in [0.5, 0.6) is 0 Å². The third-order valence-corrected chi connectivity index (χ3v) is 6.04. The van der Waals surface area contributed by atoms with Crippen LogP contribution in [0.2, 0.25) is 0 Å². The van der Waals surface area contributed by atoms with Crippen molar-refractivity contribution in [2.75, 3.05) is 19.6 Å². The number of likely N-dealkylation sites (tertiary alicyclic amines) is 1. The molecule has 3 heterocycles. The standard InChI is InChI=1S/C23H32N6O3/c1-6-27(7-2)22(31)18-13-24-21(26-17(18)5)19-10-8-9-11-28(19)20(30)14-29-16(4)12-15(3)25-23(29)32/h12-13,19H,6-11,14H2,1-5H3/t19-/m0/s1. The van der Waals surface area contributed by atoms with Crippen LogP contribution in [-0.4, -0.2) is 60.8 Å². The highest BCUT2D eigenvalue weighted by Gasteiger charge is 2.31. The predicted molar refractivity (Wildman–Crippen MR) is 120 cm³/mol. The Morgan fingerprint density at radius 3 is 2.47 bits per heavy atom. The van der Waals surface area contributed by atoms with Crippen LogP contribution < -0.4 is 5.69 Å². The fraction of sp³-hybridized carbons (Fsp3) is 0.565. The zero-order valence-corrected chi connectivity index (χ0v) is 19.6. The normalized spacial score (nSPS) is 16.2. The Labute approximate surface area is 188 Å². The molecule has 1 aliphatic rings. The molecule has 0 aliphatic carbocycles. The van der Waals surface area contributed by atoms with Crippen LogP contribution in [0.15, 0.2) is 17.1 Å². The SMILES string of the molecule is CCN(CC)C(=O)c1cnc([C@@H]2CCCCN2C(=O)Cn2c(C)cc(C)nc2=O)nc1C. The molecular formula is C23H32N6O3. The van der Waals surface area contributed by atoms with E-state index in [0.29, 0.717) is 48.1 Å². The number of aromatic nitrogens is 4. The van der Waals surface area contributed by atoms with E-state index in [4.69, 9.17) is 0 Å². The lowest BCUT2D eigenvalue weighted by Crippen LogP contribution is -2.43. The number of aryl methyl sites for hydroxylation is 3. The lowest BCUT2D eigenvalue weighted by molar-refractivity contribution is -0.136. The summed E-state index contributed by atoms with van der Waals surface area (Å²) < 4.78 is 1.40. The molecule has 1 fully saturated rings. The molecule has 0 aromatic carbocycles. The van der Waals surface area contributed by atoms with Crippen LogP contribution in [0.25, 0.3) is 0 Å². The summed E-state index contributed by atoms with van der Waals surface area (Å²) >= 11 is 0. The monoisotopic (exact) mass is 440 g/mol. The van der Waals surface area contributed by atoms with E-state index < -0.39 is 5.69 Å². The third-order valence-electron chi connectivity index (χ3n) is 6.04. The highest BCUT2D eigenvalue weighted by molar-refractivity contribution is 5.94. The van der Waals surface area contributed by atoms with Crippen LogP contribution in [0.4, 0.5) is 0 Å². The fourth-order valence-electron chi connectivity index (χ4n) is 4.23. The number of amides is 2. The summed E-state index contributed by atoms with van der Waals surface area (Å²) in [5.74, 6) is 0.296. The van der Waals surface area contributed by atoms with Crippen molar-refractivity contribution in [3.63, 3.8) is 0 Å². The number of hydrogen-bond donors (Lipinski definition) is 0. The Balaban J connectivity index is 1.85. The first-order valence-corrected chi connectivity index (χ1v) is 11.2. The summed E-state index contributed by atoms with van der Waals surface area (Å²) in [4.78, 5) is 54.8. The van der Waals surface area contributed by atoms with Gasteiger partial charge in [0.15, 0.2) is 5.82 Å². The van der Waals surface area contributed by atoms with Gasteiger partial charge < -0.3 is 9.80 Å². The summed E-state index contributed by atoms with van der Waals surface area (Å²) in [6.07, 6.45) is 4.17. The molecule has 172 valence electrons. The quantitative estimate of drug-likeness (QED) is 0.682. The van der Waals surface area contributed by atoms with E-state index in [9.17, 15) is 14.4 Å². The zero-order chi connectivity index (χ0) is 23.4. The molecule has 32 heavy (non-hydrogen) atoms. The number of rotatable bonds is 6. The minimum Gasteiger partial charge on any atom is -0.339 e. The molecule has 1 atom stereocenters. The van der Waals surface area contributed by atoms with Gasteiger partial charge in [0, 0.05) is 37.2 Å². The van der Waals surface area contributed by atoms with Gasteiger partial charge in [-0.15, -0.1) is 0 Å². The average molecular weight is 441 g/mol. The van der Waals surface area contributed by atoms with Gasteiger partial charge in [-0.3, -0.25) is 14.2 Å². The number of carbonyl (C=O) groups excluding carboxylic acids is 2. The molecule has 0 unspecified atom stereocenters. The highest BCUT2D eigenvalue weighted by atomic mass is 16.2. The van der Waals surface area contributed by atoms with E-state index in [1.54, 1.807) is 42.8 Å². The van der Waals surface area contributed by atoms with Gasteiger partial charge in [0.25, 0.3) is 5.91 Å². The zero-order valence-electron chi connectivity index (χ0n) is 19.6. The van der Waals surface area contributed by atoms with E-state index >= 15 is 0 Å². The lowest BCUT2D eigenvalue weighted by Gasteiger charge is -2.35. The Hall–Kier alpha value is -3.10. The van der Waals surface area contributed by atoms with Gasteiger partial charge in [0.05, 0.1) is 17.3 Å². The van der Waals surface area contributed by atoms with Gasteiger partial charge in [-0.2, -0.15) is 4.98 Å². The largest absolute Gasteiger partial charge is 0.348 e. The van der Waals surface area contributed by atoms with Crippen molar-refractivity contribution in [2.24, 2.45) is 0 Å². The Morgan fingerprint density at radius 2 is 1.84 bits per heavy atom. The molecule has 2 aromatic heterocycles. The van der Waals surface area contributed by atoms with Crippen molar-refractivity contribution in [3.8, 4) is 0 Å². The van der Waals surface area contributed by atoms with Gasteiger partial charge in [0.2, 0.25) is 5.91 Å². The van der Waals surface area contributed by atoms with Crippen LogP contribution >= 0.6 is 0 Å². The number of nitrogens with zero attached hydrogens (tertiary/aromatic N) is 6. The topological polar surface area (TPSA) is 101 Å². The molecule has 2 aromatic rings. The molecule has 9 nitrogen and oxygen atoms in total. The molecule has 9 heteroatoms. The molecule has 1 saturated heterocycles. The first-order chi connectivity index (χ1) is 15.3. The van der Waals surface area contributed by atoms with Crippen molar-refractivity contribution >= 4 is 11.8 Å². The molecular weight excluding hydrogens is 408 g/mol. The lowest BCUT2D eigenvalue weighted by atomic mass is 10.0. The summed E-state index contributed by atoms with van der Waals surface area (Å²) in [6, 6.07) is 1.52. The number of piperidine rings is 1. The second-order valence-electron chi connectivity index (χ2n) is 8.21. The van der Waals surface area contributed by atoms with Crippen molar-refractivity contribution in [3.05, 3.63) is 51.2 Å². The molecule has 0 radical (unpaired) electrons. The van der Waals surface area contributed by atoms with Crippen molar-refractivity contribution in [1.82, 2.24) is 29.3 Å². The second-order valence-corrected chi connectivity index (χ2v) is 8.21. The van der Waals surface area contributed by atoms with E-state index in [1.165, 1.54) is 4.57 Å². The average Bonchev–Trinajstić information content (AvgIpc) is 2.76. The van der Waals surface area contributed by atoms with Crippen molar-refractivity contribution in [1.29, 1.82) is 0 Å². The molecule has 0 saturated carbocycles. The van der Waals surface area contributed by atoms with Crippen molar-refractivity contribution in [2.45, 2.75) is 66.5 Å². The Kier molecular flexibility index (Phi) is 7.37. The predicted octanol–water partition coefficient (Wildman–Crippen LogP) is 2.19. The maximum atomic E-state index is 13.2. The van der Waals surface area contributed by atoms with Gasteiger partial charge in [-0.25, -0.2) is 14.8 Å². The van der Waals surface area contributed by atoms with Gasteiger partial charge in [-0.05, 0) is 59.9 Å². The van der Waals surface area contributed by atoms with Gasteiger partial charge in [-0.1, -0.05) is 0 Å². The van der Waals surface area contributed by atoms with Crippen molar-refractivity contribution < 1.29 is 9.59 Å². The molecule has 0 spiro atoms. The summed E-state index contributed by atoms with van der Waals surface area (Å²) in [5, 5.41) is 0. The summed E-state index contributed by atoms with van der Waals surface area (Å²) in [5.41, 5.74) is 2.01. The van der Waals surface area contributed by atoms with Gasteiger partial charge >= 0.3 is 5.69 Å². The molecule has 0 bridgehead atoms. The highest BCUT2D eigenvalue weighted by Crippen LogP contribution is 2.29. The smallest absolute Gasteiger partial charge is 0.339 e. The minimum atomic E-state index is -0.421. The number of hydrogen-bond acceptors (Lipinski definition) is 6. The van der Waals surface area contributed by atoms with Crippen LogP contribution in [-0.2, 0) is 11.3 Å². The number of carbonyl (C=O) groups is 2. The molecule has 2 amide bonds. The molecule has 0 N–H and O–H groups in total. The van der Waals surface area contributed by atoms with Gasteiger partial charge in [0.1, 0.15) is 6.54 Å². The third kappa shape index (κ3) is 4.87. The van der Waals surface area contributed by atoms with Crippen LogP contribution in [0, 0.1) is 20.8 Å². The van der Waals surface area contributed by atoms with E-state index in [0.717, 1.165) is 19.3 Å². The Bertz CT molecular complexity index is 1060. The first-order valence-electron chi connectivity index (χ1n) is 11.2. The maximum absolute atomic E-state index is 13.2. The maximum Gasteiger partial charge on any atom is 0.348 e. The van der Waals surface area contributed by atoms with Crippen LogP contribution in [0.3, 0.4) is 0 Å². The summed E-state index contributed by atoms with van der Waals surface area (Å²) in [7, 11) is 0. The summed E-state index contributed by atoms with van der Waals surface area (Å²) in [6.45, 7) is 11.0. The van der Waals surface area contributed by atoms with E-state index in [1.807, 2.05) is 13.8 Å². The van der Waals surface area contributed by atoms with E-state index in [2.05, 4.69) is 15.0 Å². The first kappa shape index (κ1) is 23.6. The Morgan fingerprint density at radius 1 is 1.12 bits per heavy atom. The minimum absolute atomic E-state index is 0.0635. The fourth-order valence-corrected chi connectivity index (χ4v) is 4.23. The van der Waals surface area contributed by atoms with Crippen LogP contribution in [0.1, 0.15) is 72.4 Å². The molecule has 3 rings (SSSR count). The molecule has 1 aliphatic heterocycles. The second kappa shape index (κ2) is 10.0.